The summed E-state index contributed by atoms with van der Waals surface area (Å²) < 4.78 is 0. The number of thioether (sulfide) groups is 1. The number of hydrogen-bond donors (Lipinski definition) is 1. The molecule has 3 atom stereocenters. The number of para-hydroxylation sites is 1. The molecule has 2 N–H and O–H groups in total. The Morgan fingerprint density at radius 1 is 1.37 bits per heavy atom. The molecule has 0 amide bonds. The van der Waals surface area contributed by atoms with Crippen molar-refractivity contribution in [2.24, 2.45) is 5.73 Å². The van der Waals surface area contributed by atoms with Crippen molar-refractivity contribution in [3.63, 3.8) is 0 Å². The van der Waals surface area contributed by atoms with Crippen LogP contribution in [0.2, 0.25) is 5.02 Å². The lowest BCUT2D eigenvalue weighted by atomic mass is 10.0. The molecule has 106 valence electrons. The summed E-state index contributed by atoms with van der Waals surface area (Å²) in [6.45, 7) is 8.74. The largest absolute Gasteiger partial charge is 0.368 e. The fourth-order valence-corrected chi connectivity index (χ4v) is 4.43. The Labute approximate surface area is 125 Å². The lowest BCUT2D eigenvalue weighted by Gasteiger charge is -2.38. The Hall–Kier alpha value is -0.380. The van der Waals surface area contributed by atoms with E-state index in [-0.39, 0.29) is 6.04 Å². The highest BCUT2D eigenvalue weighted by atomic mass is 35.5. The van der Waals surface area contributed by atoms with Gasteiger partial charge < -0.3 is 10.6 Å². The molecule has 1 saturated heterocycles. The molecule has 2 rings (SSSR count). The van der Waals surface area contributed by atoms with Crippen LogP contribution in [-0.2, 0) is 6.42 Å². The van der Waals surface area contributed by atoms with Crippen LogP contribution in [-0.4, -0.2) is 29.6 Å². The molecule has 3 unspecified atom stereocenters. The summed E-state index contributed by atoms with van der Waals surface area (Å²) in [6, 6.07) is 6.32. The van der Waals surface area contributed by atoms with Crippen molar-refractivity contribution in [2.75, 3.05) is 18.0 Å². The first kappa shape index (κ1) is 15.0. The predicted molar refractivity (Wildman–Crippen MR) is 87.5 cm³/mol. The molecule has 0 saturated carbocycles. The average molecular weight is 299 g/mol. The molecule has 4 heteroatoms. The van der Waals surface area contributed by atoms with Gasteiger partial charge in [0.05, 0.1) is 10.7 Å². The normalized spacial score (nSPS) is 25.4. The zero-order valence-electron chi connectivity index (χ0n) is 11.9. The molecule has 0 aliphatic carbocycles. The van der Waals surface area contributed by atoms with Gasteiger partial charge in [0.1, 0.15) is 0 Å². The van der Waals surface area contributed by atoms with Gasteiger partial charge in [-0.25, -0.2) is 0 Å². The molecule has 1 aliphatic heterocycles. The molecule has 1 aromatic carbocycles. The first-order valence-corrected chi connectivity index (χ1v) is 8.22. The highest BCUT2D eigenvalue weighted by Gasteiger charge is 2.25. The van der Waals surface area contributed by atoms with Crippen molar-refractivity contribution in [3.8, 4) is 0 Å². The van der Waals surface area contributed by atoms with Crippen LogP contribution >= 0.6 is 23.4 Å². The highest BCUT2D eigenvalue weighted by Crippen LogP contribution is 2.35. The minimum Gasteiger partial charge on any atom is -0.368 e. The maximum absolute atomic E-state index is 6.45. The van der Waals surface area contributed by atoms with Crippen molar-refractivity contribution < 1.29 is 0 Å². The number of nitrogens with zero attached hydrogens (tertiary/aromatic N) is 1. The van der Waals surface area contributed by atoms with Crippen LogP contribution in [0.25, 0.3) is 0 Å². The minimum absolute atomic E-state index is 0.159. The SMILES string of the molecule is CC(N)Cc1cccc(Cl)c1N1CC(C)SC(C)C1. The molecule has 1 fully saturated rings. The van der Waals surface area contributed by atoms with Gasteiger partial charge in [0.25, 0.3) is 0 Å². The first-order valence-electron chi connectivity index (χ1n) is 6.90. The van der Waals surface area contributed by atoms with E-state index in [4.69, 9.17) is 17.3 Å². The van der Waals surface area contributed by atoms with E-state index in [1.807, 2.05) is 19.1 Å². The zero-order valence-corrected chi connectivity index (χ0v) is 13.5. The van der Waals surface area contributed by atoms with Crippen LogP contribution in [0.1, 0.15) is 26.3 Å². The fraction of sp³-hybridized carbons (Fsp3) is 0.600. The molecular weight excluding hydrogens is 276 g/mol. The Morgan fingerprint density at radius 2 is 2.00 bits per heavy atom. The van der Waals surface area contributed by atoms with Crippen molar-refractivity contribution in [3.05, 3.63) is 28.8 Å². The van der Waals surface area contributed by atoms with Gasteiger partial charge in [-0.15, -0.1) is 0 Å². The van der Waals surface area contributed by atoms with Crippen molar-refractivity contribution in [2.45, 2.75) is 43.7 Å². The summed E-state index contributed by atoms with van der Waals surface area (Å²) in [5.74, 6) is 0. The van der Waals surface area contributed by atoms with E-state index in [0.29, 0.717) is 10.5 Å². The third-order valence-electron chi connectivity index (χ3n) is 3.35. The predicted octanol–water partition coefficient (Wildman–Crippen LogP) is 3.56. The summed E-state index contributed by atoms with van der Waals surface area (Å²) in [5.41, 5.74) is 8.43. The second-order valence-electron chi connectivity index (χ2n) is 5.59. The maximum Gasteiger partial charge on any atom is 0.0642 e. The second-order valence-corrected chi connectivity index (χ2v) is 7.88. The van der Waals surface area contributed by atoms with E-state index in [0.717, 1.165) is 24.5 Å². The van der Waals surface area contributed by atoms with Crippen LogP contribution in [0.15, 0.2) is 18.2 Å². The summed E-state index contributed by atoms with van der Waals surface area (Å²) in [4.78, 5) is 2.44. The summed E-state index contributed by atoms with van der Waals surface area (Å²) in [7, 11) is 0. The minimum atomic E-state index is 0.159. The standard InChI is InChI=1S/C15H23ClN2S/c1-10(17)7-13-5-4-6-14(16)15(13)18-8-11(2)19-12(3)9-18/h4-6,10-12H,7-9,17H2,1-3H3. The molecule has 1 aromatic rings. The number of nitrogens with two attached hydrogens (primary N) is 1. The Kier molecular flexibility index (Phi) is 5.04. The summed E-state index contributed by atoms with van der Waals surface area (Å²) >= 11 is 8.51. The van der Waals surface area contributed by atoms with Gasteiger partial charge in [0.15, 0.2) is 0 Å². The van der Waals surface area contributed by atoms with E-state index in [9.17, 15) is 0 Å². The quantitative estimate of drug-likeness (QED) is 0.925. The molecular formula is C15H23ClN2S. The van der Waals surface area contributed by atoms with Gasteiger partial charge in [0, 0.05) is 29.6 Å². The fourth-order valence-electron chi connectivity index (χ4n) is 2.79. The van der Waals surface area contributed by atoms with Crippen molar-refractivity contribution >= 4 is 29.1 Å². The van der Waals surface area contributed by atoms with Crippen LogP contribution in [0.5, 0.6) is 0 Å². The number of halogens is 1. The molecule has 0 radical (unpaired) electrons. The topological polar surface area (TPSA) is 29.3 Å². The molecule has 0 spiro atoms. The van der Waals surface area contributed by atoms with E-state index < -0.39 is 0 Å². The van der Waals surface area contributed by atoms with Gasteiger partial charge in [-0.1, -0.05) is 37.6 Å². The Bertz CT molecular complexity index is 426. The number of hydrogen-bond acceptors (Lipinski definition) is 3. The Balaban J connectivity index is 2.31. The molecule has 0 bridgehead atoms. The monoisotopic (exact) mass is 298 g/mol. The summed E-state index contributed by atoms with van der Waals surface area (Å²) in [6.07, 6.45) is 0.877. The van der Waals surface area contributed by atoms with Crippen LogP contribution in [0.4, 0.5) is 5.69 Å². The molecule has 19 heavy (non-hydrogen) atoms. The highest BCUT2D eigenvalue weighted by molar-refractivity contribution is 8.00. The van der Waals surface area contributed by atoms with Gasteiger partial charge in [-0.2, -0.15) is 11.8 Å². The Morgan fingerprint density at radius 3 is 2.58 bits per heavy atom. The molecule has 0 aromatic heterocycles. The third kappa shape index (κ3) is 3.80. The first-order chi connectivity index (χ1) is 8.97. The van der Waals surface area contributed by atoms with Gasteiger partial charge in [0.2, 0.25) is 0 Å². The van der Waals surface area contributed by atoms with Crippen LogP contribution in [0.3, 0.4) is 0 Å². The van der Waals surface area contributed by atoms with Crippen molar-refractivity contribution in [1.29, 1.82) is 0 Å². The maximum atomic E-state index is 6.45. The van der Waals surface area contributed by atoms with E-state index in [1.54, 1.807) is 0 Å². The molecule has 2 nitrogen and oxygen atoms in total. The van der Waals surface area contributed by atoms with E-state index in [1.165, 1.54) is 11.3 Å². The van der Waals surface area contributed by atoms with E-state index >= 15 is 0 Å². The molecule has 1 aliphatic rings. The van der Waals surface area contributed by atoms with Crippen LogP contribution in [0, 0.1) is 0 Å². The number of rotatable bonds is 3. The smallest absolute Gasteiger partial charge is 0.0642 e. The second kappa shape index (κ2) is 6.38. The molecule has 1 heterocycles. The van der Waals surface area contributed by atoms with Gasteiger partial charge in [-0.3, -0.25) is 0 Å². The lowest BCUT2D eigenvalue weighted by Crippen LogP contribution is -2.41. The lowest BCUT2D eigenvalue weighted by molar-refractivity contribution is 0.706. The van der Waals surface area contributed by atoms with Crippen molar-refractivity contribution in [1.82, 2.24) is 0 Å². The zero-order chi connectivity index (χ0) is 14.0. The van der Waals surface area contributed by atoms with E-state index in [2.05, 4.69) is 36.6 Å². The van der Waals surface area contributed by atoms with Gasteiger partial charge >= 0.3 is 0 Å². The average Bonchev–Trinajstić information content (AvgIpc) is 2.26. The summed E-state index contributed by atoms with van der Waals surface area (Å²) in [5, 5.41) is 2.13. The van der Waals surface area contributed by atoms with Gasteiger partial charge in [-0.05, 0) is 25.0 Å². The van der Waals surface area contributed by atoms with Crippen LogP contribution < -0.4 is 10.6 Å². The number of benzene rings is 1. The number of anilines is 1. The third-order valence-corrected chi connectivity index (χ3v) is 4.88.